The molecule has 0 radical (unpaired) electrons. The number of urea groups is 1. The van der Waals surface area contributed by atoms with Crippen molar-refractivity contribution >= 4 is 17.4 Å². The summed E-state index contributed by atoms with van der Waals surface area (Å²) in [5.74, 6) is 0.566. The zero-order valence-corrected chi connectivity index (χ0v) is 14.8. The number of thiazole rings is 1. The highest BCUT2D eigenvalue weighted by molar-refractivity contribution is 7.09. The van der Waals surface area contributed by atoms with E-state index in [1.54, 1.807) is 11.3 Å². The van der Waals surface area contributed by atoms with Gasteiger partial charge < -0.3 is 19.9 Å². The lowest BCUT2D eigenvalue weighted by molar-refractivity contribution is -0.0157. The second-order valence-electron chi connectivity index (χ2n) is 6.59. The lowest BCUT2D eigenvalue weighted by atomic mass is 9.99. The normalized spacial score (nSPS) is 26.3. The molecule has 7 heteroatoms. The van der Waals surface area contributed by atoms with E-state index >= 15 is 0 Å². The van der Waals surface area contributed by atoms with E-state index in [0.717, 1.165) is 23.8 Å². The first kappa shape index (κ1) is 16.7. The Balaban J connectivity index is 1.49. The van der Waals surface area contributed by atoms with Gasteiger partial charge in [-0.1, -0.05) is 0 Å². The van der Waals surface area contributed by atoms with Crippen LogP contribution in [0.1, 0.15) is 29.6 Å². The summed E-state index contributed by atoms with van der Waals surface area (Å²) < 4.78 is 5.79. The van der Waals surface area contributed by atoms with Gasteiger partial charge in [0.2, 0.25) is 0 Å². The largest absolute Gasteiger partial charge is 0.367 e. The number of morpholine rings is 1. The average Bonchev–Trinajstić information content (AvgIpc) is 2.99. The molecule has 0 spiro atoms. The highest BCUT2D eigenvalue weighted by Gasteiger charge is 2.27. The number of nitrogens with one attached hydrogen (secondary N) is 1. The molecule has 0 aromatic carbocycles. The third-order valence-corrected chi connectivity index (χ3v) is 5.58. The lowest BCUT2D eigenvalue weighted by Gasteiger charge is -2.33. The Morgan fingerprint density at radius 1 is 1.48 bits per heavy atom. The molecule has 0 bridgehead atoms. The molecule has 2 atom stereocenters. The molecule has 3 heterocycles. The first-order chi connectivity index (χ1) is 11.1. The fourth-order valence-corrected chi connectivity index (χ4v) is 4.12. The Hall–Kier alpha value is -1.18. The monoisotopic (exact) mass is 338 g/mol. The summed E-state index contributed by atoms with van der Waals surface area (Å²) in [5, 5.41) is 6.10. The summed E-state index contributed by atoms with van der Waals surface area (Å²) in [6, 6.07) is 0.0276. The van der Waals surface area contributed by atoms with E-state index in [2.05, 4.69) is 22.2 Å². The van der Waals surface area contributed by atoms with Gasteiger partial charge >= 0.3 is 6.03 Å². The molecule has 2 fully saturated rings. The molecule has 1 aromatic rings. The van der Waals surface area contributed by atoms with Crippen molar-refractivity contribution in [1.29, 1.82) is 0 Å². The maximum Gasteiger partial charge on any atom is 0.317 e. The number of nitrogens with zero attached hydrogens (tertiary/aromatic N) is 3. The molecule has 3 rings (SSSR count). The standard InChI is InChI=1S/C16H26N4O2S/c1-12-11-23-15(18-12)14-10-20(6-7-22-14)16(21)17-8-13-4-3-5-19(2)9-13/h11,13-14H,3-10H2,1-2H3,(H,17,21). The van der Waals surface area contributed by atoms with E-state index in [1.165, 1.54) is 19.4 Å². The van der Waals surface area contributed by atoms with Gasteiger partial charge in [-0.3, -0.25) is 0 Å². The van der Waals surface area contributed by atoms with Crippen molar-refractivity contribution in [2.45, 2.75) is 25.9 Å². The maximum absolute atomic E-state index is 12.4. The van der Waals surface area contributed by atoms with Crippen molar-refractivity contribution in [1.82, 2.24) is 20.1 Å². The van der Waals surface area contributed by atoms with Gasteiger partial charge in [0.25, 0.3) is 0 Å². The Kier molecular flexibility index (Phi) is 5.50. The van der Waals surface area contributed by atoms with Gasteiger partial charge in [-0.2, -0.15) is 0 Å². The van der Waals surface area contributed by atoms with Crippen LogP contribution < -0.4 is 5.32 Å². The summed E-state index contributed by atoms with van der Waals surface area (Å²) in [6.45, 7) is 6.80. The molecular formula is C16H26N4O2S. The number of hydrogen-bond acceptors (Lipinski definition) is 5. The summed E-state index contributed by atoms with van der Waals surface area (Å²) >= 11 is 1.61. The van der Waals surface area contributed by atoms with Gasteiger partial charge in [0.1, 0.15) is 11.1 Å². The molecule has 0 aliphatic carbocycles. The SMILES string of the molecule is Cc1csc(C2CN(C(=O)NCC3CCCN(C)C3)CCO2)n1. The number of amides is 2. The molecule has 2 unspecified atom stereocenters. The number of rotatable bonds is 3. The third kappa shape index (κ3) is 4.43. The van der Waals surface area contributed by atoms with Gasteiger partial charge in [-0.25, -0.2) is 9.78 Å². The second kappa shape index (κ2) is 7.59. The number of carbonyl (C=O) groups excluding carboxylic acids is 1. The molecule has 1 N–H and O–H groups in total. The lowest BCUT2D eigenvalue weighted by Crippen LogP contribution is -2.49. The van der Waals surface area contributed by atoms with Crippen LogP contribution in [0, 0.1) is 12.8 Å². The van der Waals surface area contributed by atoms with Crippen LogP contribution in [0.4, 0.5) is 4.79 Å². The molecule has 0 saturated carbocycles. The highest BCUT2D eigenvalue weighted by atomic mass is 32.1. The molecule has 1 aromatic heterocycles. The van der Waals surface area contributed by atoms with Crippen LogP contribution in [0.15, 0.2) is 5.38 Å². The number of hydrogen-bond donors (Lipinski definition) is 1. The van der Waals surface area contributed by atoms with Crippen molar-refractivity contribution in [3.05, 3.63) is 16.1 Å². The van der Waals surface area contributed by atoms with Crippen LogP contribution >= 0.6 is 11.3 Å². The molecule has 2 saturated heterocycles. The van der Waals surface area contributed by atoms with E-state index in [-0.39, 0.29) is 12.1 Å². The zero-order chi connectivity index (χ0) is 16.2. The number of aryl methyl sites for hydroxylation is 1. The van der Waals surface area contributed by atoms with Crippen molar-refractivity contribution < 1.29 is 9.53 Å². The predicted molar refractivity (Wildman–Crippen MR) is 90.7 cm³/mol. The molecule has 128 valence electrons. The second-order valence-corrected chi connectivity index (χ2v) is 7.48. The van der Waals surface area contributed by atoms with Gasteiger partial charge in [-0.05, 0) is 39.3 Å². The molecule has 2 amide bonds. The fourth-order valence-electron chi connectivity index (χ4n) is 3.29. The van der Waals surface area contributed by atoms with E-state index in [4.69, 9.17) is 4.74 Å². The Morgan fingerprint density at radius 2 is 2.35 bits per heavy atom. The van der Waals surface area contributed by atoms with Crippen LogP contribution in [0.3, 0.4) is 0 Å². The van der Waals surface area contributed by atoms with Crippen LogP contribution in [0.25, 0.3) is 0 Å². The predicted octanol–water partition coefficient (Wildman–Crippen LogP) is 1.88. The maximum atomic E-state index is 12.4. The van der Waals surface area contributed by atoms with Crippen LogP contribution in [0.5, 0.6) is 0 Å². The van der Waals surface area contributed by atoms with Crippen molar-refractivity contribution in [2.24, 2.45) is 5.92 Å². The third-order valence-electron chi connectivity index (χ3n) is 4.53. The van der Waals surface area contributed by atoms with Gasteiger partial charge in [-0.15, -0.1) is 11.3 Å². The van der Waals surface area contributed by atoms with E-state index < -0.39 is 0 Å². The highest BCUT2D eigenvalue weighted by Crippen LogP contribution is 2.25. The van der Waals surface area contributed by atoms with Gasteiger partial charge in [0, 0.05) is 30.7 Å². The number of likely N-dealkylation sites (tertiary alicyclic amines) is 1. The summed E-state index contributed by atoms with van der Waals surface area (Å²) in [4.78, 5) is 21.1. The summed E-state index contributed by atoms with van der Waals surface area (Å²) in [7, 11) is 2.15. The Morgan fingerprint density at radius 3 is 3.09 bits per heavy atom. The first-order valence-corrected chi connectivity index (χ1v) is 9.24. The Labute approximate surface area is 141 Å². The van der Waals surface area contributed by atoms with Crippen LogP contribution in [-0.4, -0.2) is 67.2 Å². The van der Waals surface area contributed by atoms with Gasteiger partial charge in [0.05, 0.1) is 13.2 Å². The first-order valence-electron chi connectivity index (χ1n) is 8.37. The molecule has 6 nitrogen and oxygen atoms in total. The minimum absolute atomic E-state index is 0.0276. The summed E-state index contributed by atoms with van der Waals surface area (Å²) in [5.41, 5.74) is 1.01. The van der Waals surface area contributed by atoms with E-state index in [9.17, 15) is 4.79 Å². The van der Waals surface area contributed by atoms with Gasteiger partial charge in [0.15, 0.2) is 0 Å². The number of piperidine rings is 1. The van der Waals surface area contributed by atoms with Crippen molar-refractivity contribution in [2.75, 3.05) is 46.4 Å². The number of ether oxygens (including phenoxy) is 1. The fraction of sp³-hybridized carbons (Fsp3) is 0.750. The van der Waals surface area contributed by atoms with Crippen molar-refractivity contribution in [3.8, 4) is 0 Å². The van der Waals surface area contributed by atoms with E-state index in [1.807, 2.05) is 17.2 Å². The minimum Gasteiger partial charge on any atom is -0.367 e. The molecule has 2 aliphatic heterocycles. The molecule has 23 heavy (non-hydrogen) atoms. The van der Waals surface area contributed by atoms with Crippen LogP contribution in [0.2, 0.25) is 0 Å². The molecular weight excluding hydrogens is 312 g/mol. The van der Waals surface area contributed by atoms with Crippen LogP contribution in [-0.2, 0) is 4.74 Å². The zero-order valence-electron chi connectivity index (χ0n) is 14.0. The summed E-state index contributed by atoms with van der Waals surface area (Å²) in [6.07, 6.45) is 2.34. The smallest absolute Gasteiger partial charge is 0.317 e. The molecule has 2 aliphatic rings. The van der Waals surface area contributed by atoms with E-state index in [0.29, 0.717) is 25.6 Å². The number of aromatic nitrogens is 1. The quantitative estimate of drug-likeness (QED) is 0.914. The topological polar surface area (TPSA) is 57.7 Å². The minimum atomic E-state index is -0.0889. The Bertz CT molecular complexity index is 536. The average molecular weight is 338 g/mol. The number of carbonyl (C=O) groups is 1. The van der Waals surface area contributed by atoms with Crippen molar-refractivity contribution in [3.63, 3.8) is 0 Å².